The molecule has 29 heavy (non-hydrogen) atoms. The number of amides is 2. The Labute approximate surface area is 168 Å². The fraction of sp³-hybridized carbons (Fsp3) is 0.261. The van der Waals surface area contributed by atoms with E-state index in [0.29, 0.717) is 6.54 Å². The van der Waals surface area contributed by atoms with E-state index in [-0.39, 0.29) is 18.4 Å². The first kappa shape index (κ1) is 17.7. The number of H-pyrrole nitrogens is 1. The van der Waals surface area contributed by atoms with Gasteiger partial charge >= 0.3 is 0 Å². The van der Waals surface area contributed by atoms with Crippen molar-refractivity contribution in [2.45, 2.75) is 25.8 Å². The van der Waals surface area contributed by atoms with Crippen molar-refractivity contribution < 1.29 is 9.59 Å². The van der Waals surface area contributed by atoms with Crippen molar-refractivity contribution in [2.24, 2.45) is 5.10 Å². The average molecular weight is 386 g/mol. The maximum absolute atomic E-state index is 13.6. The molecule has 0 unspecified atom stereocenters. The summed E-state index contributed by atoms with van der Waals surface area (Å²) >= 11 is 0. The Kier molecular flexibility index (Phi) is 3.84. The largest absolute Gasteiger partial charge is 0.356 e. The first-order chi connectivity index (χ1) is 14.0. The highest BCUT2D eigenvalue weighted by Gasteiger charge is 2.54. The number of hydrogen-bond donors (Lipinski definition) is 1. The number of fused-ring (bicyclic) bond motifs is 5. The maximum Gasteiger partial charge on any atom is 0.275 e. The number of carbonyl (C=O) groups is 2. The number of hydrogen-bond acceptors (Lipinski definition) is 3. The van der Waals surface area contributed by atoms with Crippen LogP contribution in [0.4, 0.5) is 0 Å². The molecule has 0 saturated carbocycles. The van der Waals surface area contributed by atoms with Gasteiger partial charge in [0.15, 0.2) is 5.54 Å². The number of rotatable bonds is 2. The van der Waals surface area contributed by atoms with E-state index in [0.717, 1.165) is 39.7 Å². The summed E-state index contributed by atoms with van der Waals surface area (Å²) in [5.74, 6) is -0.271. The second kappa shape index (κ2) is 6.30. The smallest absolute Gasteiger partial charge is 0.275 e. The van der Waals surface area contributed by atoms with Crippen LogP contribution in [-0.4, -0.2) is 46.0 Å². The summed E-state index contributed by atoms with van der Waals surface area (Å²) in [5, 5.41) is 6.83. The molecule has 3 aromatic rings. The van der Waals surface area contributed by atoms with Gasteiger partial charge in [-0.1, -0.05) is 42.5 Å². The molecular weight excluding hydrogens is 364 g/mol. The Balaban J connectivity index is 1.58. The molecular formula is C23H22N4O2. The molecule has 6 heteroatoms. The SMILES string of the molecule is Cc1ccccc1/C=N\N1CC(=O)N2CCc3c([nH]c4ccccc34)[C@]2(C)C1=O. The summed E-state index contributed by atoms with van der Waals surface area (Å²) in [6.07, 6.45) is 2.40. The number of carbonyl (C=O) groups excluding carboxylic acids is 2. The van der Waals surface area contributed by atoms with Crippen molar-refractivity contribution in [2.75, 3.05) is 13.1 Å². The van der Waals surface area contributed by atoms with E-state index in [1.54, 1.807) is 11.1 Å². The zero-order valence-corrected chi connectivity index (χ0v) is 16.5. The molecule has 0 aliphatic carbocycles. The number of hydrazone groups is 1. The van der Waals surface area contributed by atoms with Gasteiger partial charge in [-0.25, -0.2) is 5.01 Å². The maximum atomic E-state index is 13.6. The molecule has 2 amide bonds. The third-order valence-corrected chi connectivity index (χ3v) is 6.19. The average Bonchev–Trinajstić information content (AvgIpc) is 3.11. The van der Waals surface area contributed by atoms with Gasteiger partial charge < -0.3 is 9.88 Å². The van der Waals surface area contributed by atoms with Gasteiger partial charge in [-0.05, 0) is 43.0 Å². The number of piperazine rings is 1. The van der Waals surface area contributed by atoms with Crippen molar-refractivity contribution in [1.29, 1.82) is 0 Å². The highest BCUT2D eigenvalue weighted by molar-refractivity contribution is 6.01. The summed E-state index contributed by atoms with van der Waals surface area (Å²) in [4.78, 5) is 31.6. The molecule has 5 rings (SSSR count). The summed E-state index contributed by atoms with van der Waals surface area (Å²) < 4.78 is 0. The fourth-order valence-electron chi connectivity index (χ4n) is 4.55. The van der Waals surface area contributed by atoms with E-state index in [9.17, 15) is 9.59 Å². The standard InChI is InChI=1S/C23H22N4O2/c1-15-7-3-4-8-16(15)13-24-27-14-20(28)26-12-11-18-17-9-5-6-10-19(17)25-21(18)23(26,2)22(27)29/h3-10,13,25H,11-12,14H2,1-2H3/b24-13-/t23-/m1/s1. The molecule has 1 atom stereocenters. The number of aromatic nitrogens is 1. The van der Waals surface area contributed by atoms with Gasteiger partial charge in [-0.2, -0.15) is 5.10 Å². The Morgan fingerprint density at radius 1 is 1.10 bits per heavy atom. The fourth-order valence-corrected chi connectivity index (χ4v) is 4.55. The number of aryl methyl sites for hydroxylation is 1. The molecule has 2 aliphatic rings. The molecule has 0 radical (unpaired) electrons. The molecule has 3 heterocycles. The van der Waals surface area contributed by atoms with Crippen LogP contribution in [0.3, 0.4) is 0 Å². The van der Waals surface area contributed by atoms with Crippen LogP contribution < -0.4 is 0 Å². The topological polar surface area (TPSA) is 68.8 Å². The van der Waals surface area contributed by atoms with Crippen LogP contribution in [-0.2, 0) is 21.5 Å². The minimum Gasteiger partial charge on any atom is -0.356 e. The predicted molar refractivity (Wildman–Crippen MR) is 112 cm³/mol. The van der Waals surface area contributed by atoms with Gasteiger partial charge in [0.05, 0.1) is 11.9 Å². The van der Waals surface area contributed by atoms with Gasteiger partial charge in [0.2, 0.25) is 5.91 Å². The molecule has 0 spiro atoms. The van der Waals surface area contributed by atoms with E-state index in [1.165, 1.54) is 5.01 Å². The van der Waals surface area contributed by atoms with Gasteiger partial charge in [0.25, 0.3) is 5.91 Å². The van der Waals surface area contributed by atoms with Crippen LogP contribution in [0.25, 0.3) is 10.9 Å². The van der Waals surface area contributed by atoms with Crippen LogP contribution >= 0.6 is 0 Å². The van der Waals surface area contributed by atoms with Crippen molar-refractivity contribution in [3.8, 4) is 0 Å². The first-order valence-electron chi connectivity index (χ1n) is 9.82. The summed E-state index contributed by atoms with van der Waals surface area (Å²) in [7, 11) is 0. The molecule has 1 aromatic heterocycles. The molecule has 1 N–H and O–H groups in total. The number of nitrogens with zero attached hydrogens (tertiary/aromatic N) is 3. The minimum atomic E-state index is -1.08. The molecule has 1 saturated heterocycles. The van der Waals surface area contributed by atoms with Crippen molar-refractivity contribution in [1.82, 2.24) is 14.9 Å². The number of aromatic amines is 1. The third-order valence-electron chi connectivity index (χ3n) is 6.19. The Morgan fingerprint density at radius 2 is 1.86 bits per heavy atom. The zero-order chi connectivity index (χ0) is 20.2. The van der Waals surface area contributed by atoms with Crippen LogP contribution in [0.15, 0.2) is 53.6 Å². The van der Waals surface area contributed by atoms with Crippen LogP contribution in [0, 0.1) is 6.92 Å². The monoisotopic (exact) mass is 386 g/mol. The lowest BCUT2D eigenvalue weighted by atomic mass is 9.83. The molecule has 0 bridgehead atoms. The van der Waals surface area contributed by atoms with Crippen LogP contribution in [0.1, 0.15) is 29.3 Å². The summed E-state index contributed by atoms with van der Waals surface area (Å²) in [6.45, 7) is 4.32. The highest BCUT2D eigenvalue weighted by Crippen LogP contribution is 2.41. The second-order valence-electron chi connectivity index (χ2n) is 7.86. The Morgan fingerprint density at radius 3 is 2.69 bits per heavy atom. The molecule has 1 fully saturated rings. The number of para-hydroxylation sites is 1. The zero-order valence-electron chi connectivity index (χ0n) is 16.5. The van der Waals surface area contributed by atoms with E-state index in [1.807, 2.05) is 56.3 Å². The molecule has 2 aromatic carbocycles. The van der Waals surface area contributed by atoms with E-state index >= 15 is 0 Å². The normalized spacial score (nSPS) is 21.7. The summed E-state index contributed by atoms with van der Waals surface area (Å²) in [6, 6.07) is 15.9. The van der Waals surface area contributed by atoms with Crippen LogP contribution in [0.2, 0.25) is 0 Å². The predicted octanol–water partition coefficient (Wildman–Crippen LogP) is 2.95. The minimum absolute atomic E-state index is 0.0354. The van der Waals surface area contributed by atoms with Gasteiger partial charge in [-0.15, -0.1) is 0 Å². The van der Waals surface area contributed by atoms with Crippen LogP contribution in [0.5, 0.6) is 0 Å². The Bertz CT molecular complexity index is 1180. The molecule has 146 valence electrons. The van der Waals surface area contributed by atoms with Crippen molar-refractivity contribution >= 4 is 28.9 Å². The van der Waals surface area contributed by atoms with Gasteiger partial charge in [0, 0.05) is 17.4 Å². The molecule has 6 nitrogen and oxygen atoms in total. The Hall–Kier alpha value is -3.41. The van der Waals surface area contributed by atoms with E-state index in [2.05, 4.69) is 16.2 Å². The third kappa shape index (κ3) is 2.52. The molecule has 2 aliphatic heterocycles. The van der Waals surface area contributed by atoms with Gasteiger partial charge in [0.1, 0.15) is 6.54 Å². The van der Waals surface area contributed by atoms with E-state index in [4.69, 9.17) is 0 Å². The highest BCUT2D eigenvalue weighted by atomic mass is 16.2. The van der Waals surface area contributed by atoms with Crippen molar-refractivity contribution in [3.63, 3.8) is 0 Å². The number of nitrogens with one attached hydrogen (secondary N) is 1. The lowest BCUT2D eigenvalue weighted by Crippen LogP contribution is -2.65. The second-order valence-corrected chi connectivity index (χ2v) is 7.86. The lowest BCUT2D eigenvalue weighted by Gasteiger charge is -2.48. The van der Waals surface area contributed by atoms with Crippen molar-refractivity contribution in [3.05, 3.63) is 70.9 Å². The lowest BCUT2D eigenvalue weighted by molar-refractivity contribution is -0.165. The quantitative estimate of drug-likeness (QED) is 0.688. The first-order valence-corrected chi connectivity index (χ1v) is 9.82. The van der Waals surface area contributed by atoms with E-state index < -0.39 is 5.54 Å². The summed E-state index contributed by atoms with van der Waals surface area (Å²) in [5.41, 5.74) is 3.82. The number of benzene rings is 2. The van der Waals surface area contributed by atoms with Gasteiger partial charge in [-0.3, -0.25) is 9.59 Å².